The van der Waals surface area contributed by atoms with E-state index in [-0.39, 0.29) is 5.78 Å². The van der Waals surface area contributed by atoms with Crippen molar-refractivity contribution in [1.29, 1.82) is 0 Å². The van der Waals surface area contributed by atoms with Gasteiger partial charge in [0, 0.05) is 5.56 Å². The molecule has 4 rings (SSSR count). The summed E-state index contributed by atoms with van der Waals surface area (Å²) in [6.45, 7) is 0. The molecular weight excluding hydrogens is 254 g/mol. The van der Waals surface area contributed by atoms with E-state index in [9.17, 15) is 9.59 Å². The van der Waals surface area contributed by atoms with E-state index in [2.05, 4.69) is 4.98 Å². The van der Waals surface area contributed by atoms with E-state index in [1.807, 2.05) is 30.3 Å². The van der Waals surface area contributed by atoms with Crippen molar-refractivity contribution in [3.05, 3.63) is 75.8 Å². The Balaban J connectivity index is 2.00. The fraction of sp³-hybridized carbons (Fsp3) is 0. The average molecular weight is 263 g/mol. The molecule has 0 atom stereocenters. The Morgan fingerprint density at radius 1 is 0.950 bits per heavy atom. The number of hydrogen-bond acceptors (Lipinski definition) is 3. The van der Waals surface area contributed by atoms with Gasteiger partial charge in [-0.3, -0.25) is 9.78 Å². The number of H-pyrrole nitrogens is 1. The quantitative estimate of drug-likeness (QED) is 0.734. The summed E-state index contributed by atoms with van der Waals surface area (Å²) in [7, 11) is 0. The maximum atomic E-state index is 12.1. The third kappa shape index (κ3) is 1.48. The number of carbonyl (C=O) groups excluding carboxylic acids is 1. The second-order valence-electron chi connectivity index (χ2n) is 4.70. The molecule has 96 valence electrons. The molecular formula is C16H9NO3. The lowest BCUT2D eigenvalue weighted by Crippen LogP contribution is -1.93. The van der Waals surface area contributed by atoms with Gasteiger partial charge in [-0.05, 0) is 34.9 Å². The fourth-order valence-corrected chi connectivity index (χ4v) is 2.57. The summed E-state index contributed by atoms with van der Waals surface area (Å²) >= 11 is 0. The standard InChI is InChI=1S/C16H9NO3/c18-14-7-10(9-4-2-1-3-5-9)11-6-13-15(8-12(11)14)20-16(19)17-13/h1-8H,(H,17,19). The third-order valence-corrected chi connectivity index (χ3v) is 3.47. The Hall–Kier alpha value is -2.88. The lowest BCUT2D eigenvalue weighted by Gasteiger charge is -2.04. The summed E-state index contributed by atoms with van der Waals surface area (Å²) in [4.78, 5) is 25.9. The van der Waals surface area contributed by atoms with Crippen molar-refractivity contribution < 1.29 is 9.21 Å². The van der Waals surface area contributed by atoms with Gasteiger partial charge in [-0.2, -0.15) is 0 Å². The minimum absolute atomic E-state index is 0.0652. The molecule has 1 heterocycles. The molecule has 4 heteroatoms. The zero-order chi connectivity index (χ0) is 13.7. The number of aromatic amines is 1. The Morgan fingerprint density at radius 2 is 1.75 bits per heavy atom. The molecule has 2 aromatic carbocycles. The number of allylic oxidation sites excluding steroid dienone is 1. The Kier molecular flexibility index (Phi) is 2.09. The number of rotatable bonds is 1. The second-order valence-corrected chi connectivity index (χ2v) is 4.70. The second kappa shape index (κ2) is 3.81. The number of hydrogen-bond donors (Lipinski definition) is 1. The number of oxazole rings is 1. The molecule has 0 fully saturated rings. The van der Waals surface area contributed by atoms with Gasteiger partial charge in [0.25, 0.3) is 0 Å². The van der Waals surface area contributed by atoms with Gasteiger partial charge < -0.3 is 4.42 Å². The molecule has 0 spiro atoms. The van der Waals surface area contributed by atoms with Crippen molar-refractivity contribution in [3.63, 3.8) is 0 Å². The largest absolute Gasteiger partial charge is 0.417 e. The van der Waals surface area contributed by atoms with E-state index < -0.39 is 5.76 Å². The number of nitrogens with one attached hydrogen (secondary N) is 1. The molecule has 0 bridgehead atoms. The van der Waals surface area contributed by atoms with Gasteiger partial charge in [0.1, 0.15) is 0 Å². The topological polar surface area (TPSA) is 63.1 Å². The Morgan fingerprint density at radius 3 is 2.55 bits per heavy atom. The summed E-state index contributed by atoms with van der Waals surface area (Å²) in [6.07, 6.45) is 1.62. The van der Waals surface area contributed by atoms with E-state index in [4.69, 9.17) is 4.42 Å². The van der Waals surface area contributed by atoms with Crippen LogP contribution in [0.4, 0.5) is 0 Å². The zero-order valence-electron chi connectivity index (χ0n) is 10.3. The molecule has 1 aliphatic carbocycles. The summed E-state index contributed by atoms with van der Waals surface area (Å²) in [5.74, 6) is -0.578. The van der Waals surface area contributed by atoms with Crippen LogP contribution in [-0.2, 0) is 0 Å². The van der Waals surface area contributed by atoms with Crippen LogP contribution in [0.5, 0.6) is 0 Å². The van der Waals surface area contributed by atoms with E-state index >= 15 is 0 Å². The summed E-state index contributed by atoms with van der Waals surface area (Å²) in [5.41, 5.74) is 4.25. The van der Waals surface area contributed by atoms with Crippen LogP contribution in [0.2, 0.25) is 0 Å². The highest BCUT2D eigenvalue weighted by atomic mass is 16.4. The predicted molar refractivity (Wildman–Crippen MR) is 74.7 cm³/mol. The third-order valence-electron chi connectivity index (χ3n) is 3.47. The van der Waals surface area contributed by atoms with Crippen molar-refractivity contribution in [1.82, 2.24) is 4.98 Å². The van der Waals surface area contributed by atoms with E-state index in [1.54, 1.807) is 18.2 Å². The molecule has 0 aliphatic heterocycles. The van der Waals surface area contributed by atoms with Crippen molar-refractivity contribution in [2.45, 2.75) is 0 Å². The SMILES string of the molecule is O=C1C=C(c2ccccc2)c2cc3[nH]c(=O)oc3cc21. The predicted octanol–water partition coefficient (Wildman–Crippen LogP) is 2.75. The summed E-state index contributed by atoms with van der Waals surface area (Å²) < 4.78 is 5.00. The van der Waals surface area contributed by atoms with Crippen molar-refractivity contribution in [2.75, 3.05) is 0 Å². The first-order chi connectivity index (χ1) is 9.72. The van der Waals surface area contributed by atoms with Crippen molar-refractivity contribution >= 4 is 22.5 Å². The summed E-state index contributed by atoms with van der Waals surface area (Å²) in [5, 5.41) is 0. The molecule has 0 saturated carbocycles. The number of ketones is 1. The normalized spacial score (nSPS) is 13.6. The van der Waals surface area contributed by atoms with Crippen LogP contribution in [-0.4, -0.2) is 10.8 Å². The molecule has 1 aromatic heterocycles. The first-order valence-electron chi connectivity index (χ1n) is 6.21. The van der Waals surface area contributed by atoms with Crippen LogP contribution in [0.25, 0.3) is 16.7 Å². The van der Waals surface area contributed by atoms with Crippen LogP contribution in [0, 0.1) is 0 Å². The van der Waals surface area contributed by atoms with Crippen LogP contribution in [0.1, 0.15) is 21.5 Å². The maximum absolute atomic E-state index is 12.1. The van der Waals surface area contributed by atoms with E-state index in [0.717, 1.165) is 16.7 Å². The lowest BCUT2D eigenvalue weighted by atomic mass is 9.99. The van der Waals surface area contributed by atoms with Gasteiger partial charge in [-0.25, -0.2) is 4.79 Å². The molecule has 0 amide bonds. The van der Waals surface area contributed by atoms with E-state index in [1.165, 1.54) is 0 Å². The van der Waals surface area contributed by atoms with Crippen LogP contribution >= 0.6 is 0 Å². The fourth-order valence-electron chi connectivity index (χ4n) is 2.57. The van der Waals surface area contributed by atoms with Gasteiger partial charge in [-0.1, -0.05) is 30.3 Å². The van der Waals surface area contributed by atoms with Crippen LogP contribution in [0.15, 0.2) is 57.8 Å². The van der Waals surface area contributed by atoms with Gasteiger partial charge >= 0.3 is 5.76 Å². The van der Waals surface area contributed by atoms with Crippen molar-refractivity contribution in [3.8, 4) is 0 Å². The molecule has 0 radical (unpaired) electrons. The minimum atomic E-state index is -0.513. The van der Waals surface area contributed by atoms with Crippen LogP contribution in [0.3, 0.4) is 0 Å². The monoisotopic (exact) mass is 263 g/mol. The molecule has 20 heavy (non-hydrogen) atoms. The maximum Gasteiger partial charge on any atom is 0.417 e. The highest BCUT2D eigenvalue weighted by Crippen LogP contribution is 2.34. The number of benzene rings is 2. The van der Waals surface area contributed by atoms with Gasteiger partial charge in [0.05, 0.1) is 5.52 Å². The molecule has 0 unspecified atom stereocenters. The van der Waals surface area contributed by atoms with E-state index in [0.29, 0.717) is 16.7 Å². The number of aromatic nitrogens is 1. The minimum Gasteiger partial charge on any atom is -0.408 e. The summed E-state index contributed by atoms with van der Waals surface area (Å²) in [6, 6.07) is 13.1. The highest BCUT2D eigenvalue weighted by Gasteiger charge is 2.23. The number of carbonyl (C=O) groups is 1. The molecule has 4 nitrogen and oxygen atoms in total. The molecule has 3 aromatic rings. The highest BCUT2D eigenvalue weighted by molar-refractivity contribution is 6.20. The van der Waals surface area contributed by atoms with Crippen LogP contribution < -0.4 is 5.76 Å². The Bertz CT molecular complexity index is 929. The zero-order valence-corrected chi connectivity index (χ0v) is 10.3. The smallest absolute Gasteiger partial charge is 0.408 e. The van der Waals surface area contributed by atoms with Gasteiger partial charge in [-0.15, -0.1) is 0 Å². The molecule has 1 N–H and O–H groups in total. The lowest BCUT2D eigenvalue weighted by molar-refractivity contribution is 0.105. The average Bonchev–Trinajstić information content (AvgIpc) is 2.97. The number of fused-ring (bicyclic) bond motifs is 2. The molecule has 1 aliphatic rings. The van der Waals surface area contributed by atoms with Gasteiger partial charge in [0.2, 0.25) is 0 Å². The Labute approximate surface area is 113 Å². The van der Waals surface area contributed by atoms with Crippen molar-refractivity contribution in [2.24, 2.45) is 0 Å². The first kappa shape index (κ1) is 11.0. The first-order valence-corrected chi connectivity index (χ1v) is 6.21. The van der Waals surface area contributed by atoms with Gasteiger partial charge in [0.15, 0.2) is 11.4 Å². The molecule has 0 saturated heterocycles.